The topological polar surface area (TPSA) is 45.1 Å². The summed E-state index contributed by atoms with van der Waals surface area (Å²) in [5.41, 5.74) is 1.68. The SMILES string of the molecule is CCC(C)(NCC(O)c1ccc(Cl)cc1)c1nc(C)cs1. The van der Waals surface area contributed by atoms with Gasteiger partial charge in [-0.1, -0.05) is 30.7 Å². The number of rotatable bonds is 6. The molecule has 1 heterocycles. The molecule has 3 nitrogen and oxygen atoms in total. The number of thiazole rings is 1. The first-order valence-corrected chi connectivity index (χ1v) is 8.31. The highest BCUT2D eigenvalue weighted by Crippen LogP contribution is 2.28. The van der Waals surface area contributed by atoms with Crippen LogP contribution in [-0.2, 0) is 5.54 Å². The number of nitrogens with zero attached hydrogens (tertiary/aromatic N) is 1. The molecule has 0 saturated heterocycles. The van der Waals surface area contributed by atoms with Crippen molar-refractivity contribution in [3.8, 4) is 0 Å². The lowest BCUT2D eigenvalue weighted by Crippen LogP contribution is -2.41. The maximum absolute atomic E-state index is 10.3. The second-order valence-corrected chi connectivity index (χ2v) is 6.72. The molecule has 0 spiro atoms. The van der Waals surface area contributed by atoms with E-state index in [4.69, 9.17) is 11.6 Å². The average Bonchev–Trinajstić information content (AvgIpc) is 2.92. The van der Waals surface area contributed by atoms with Gasteiger partial charge in [-0.25, -0.2) is 4.98 Å². The van der Waals surface area contributed by atoms with E-state index in [9.17, 15) is 5.11 Å². The molecule has 0 aliphatic rings. The van der Waals surface area contributed by atoms with Gasteiger partial charge in [0.25, 0.3) is 0 Å². The Hall–Kier alpha value is -0.940. The highest BCUT2D eigenvalue weighted by molar-refractivity contribution is 7.09. The Labute approximate surface area is 135 Å². The molecule has 0 aliphatic carbocycles. The van der Waals surface area contributed by atoms with Crippen molar-refractivity contribution >= 4 is 22.9 Å². The molecule has 0 aliphatic heterocycles. The number of halogens is 1. The summed E-state index contributed by atoms with van der Waals surface area (Å²) in [6.45, 7) is 6.72. The fourth-order valence-electron chi connectivity index (χ4n) is 2.08. The smallest absolute Gasteiger partial charge is 0.113 e. The molecule has 2 N–H and O–H groups in total. The summed E-state index contributed by atoms with van der Waals surface area (Å²) in [7, 11) is 0. The first-order chi connectivity index (χ1) is 9.94. The zero-order chi connectivity index (χ0) is 15.5. The van der Waals surface area contributed by atoms with Crippen LogP contribution in [0, 0.1) is 6.92 Å². The molecule has 21 heavy (non-hydrogen) atoms. The average molecular weight is 325 g/mol. The molecule has 2 rings (SSSR count). The second kappa shape index (κ2) is 6.88. The van der Waals surface area contributed by atoms with E-state index in [1.165, 1.54) is 0 Å². The van der Waals surface area contributed by atoms with Gasteiger partial charge in [-0.15, -0.1) is 11.3 Å². The Balaban J connectivity index is 2.04. The summed E-state index contributed by atoms with van der Waals surface area (Å²) in [6.07, 6.45) is 0.349. The van der Waals surface area contributed by atoms with Crippen molar-refractivity contribution in [3.05, 3.63) is 50.9 Å². The summed E-state index contributed by atoms with van der Waals surface area (Å²) < 4.78 is 0. The maximum atomic E-state index is 10.3. The fraction of sp³-hybridized carbons (Fsp3) is 0.438. The molecule has 2 unspecified atom stereocenters. The predicted octanol–water partition coefficient (Wildman–Crippen LogP) is 4.05. The first-order valence-electron chi connectivity index (χ1n) is 7.06. The molecule has 5 heteroatoms. The van der Waals surface area contributed by atoms with Crippen molar-refractivity contribution in [2.24, 2.45) is 0 Å². The number of hydrogen-bond donors (Lipinski definition) is 2. The van der Waals surface area contributed by atoms with Gasteiger partial charge < -0.3 is 10.4 Å². The molecule has 0 amide bonds. The second-order valence-electron chi connectivity index (χ2n) is 5.43. The van der Waals surface area contributed by atoms with Crippen LogP contribution in [0.4, 0.5) is 0 Å². The fourth-order valence-corrected chi connectivity index (χ4v) is 3.22. The number of aliphatic hydroxyl groups is 1. The molecule has 0 fully saturated rings. The summed E-state index contributed by atoms with van der Waals surface area (Å²) in [6, 6.07) is 7.30. The zero-order valence-corrected chi connectivity index (χ0v) is 14.1. The molecule has 1 aromatic carbocycles. The highest BCUT2D eigenvalue weighted by atomic mass is 35.5. The van der Waals surface area contributed by atoms with E-state index in [1.807, 2.05) is 19.1 Å². The minimum Gasteiger partial charge on any atom is -0.387 e. The third-order valence-corrected chi connectivity index (χ3v) is 5.21. The van der Waals surface area contributed by atoms with Crippen molar-refractivity contribution in [2.45, 2.75) is 38.8 Å². The van der Waals surface area contributed by atoms with E-state index in [0.29, 0.717) is 11.6 Å². The minimum atomic E-state index is -0.561. The monoisotopic (exact) mass is 324 g/mol. The standard InChI is InChI=1S/C16H21ClN2OS/c1-4-16(3,15-19-11(2)10-21-15)18-9-14(20)12-5-7-13(17)8-6-12/h5-8,10,14,18,20H,4,9H2,1-3H3. The van der Waals surface area contributed by atoms with Gasteiger partial charge in [-0.05, 0) is 38.0 Å². The summed E-state index contributed by atoms with van der Waals surface area (Å²) in [5.74, 6) is 0. The van der Waals surface area contributed by atoms with Crippen LogP contribution in [0.5, 0.6) is 0 Å². The van der Waals surface area contributed by atoms with Gasteiger partial charge in [0.1, 0.15) is 5.01 Å². The molecule has 1 aromatic heterocycles. The Kier molecular flexibility index (Phi) is 5.38. The van der Waals surface area contributed by atoms with Crippen molar-refractivity contribution in [1.29, 1.82) is 0 Å². The normalized spacial score (nSPS) is 15.7. The molecule has 2 atom stereocenters. The van der Waals surface area contributed by atoms with Crippen LogP contribution in [0.1, 0.15) is 42.6 Å². The van der Waals surface area contributed by atoms with Crippen molar-refractivity contribution in [1.82, 2.24) is 10.3 Å². The Morgan fingerprint density at radius 1 is 1.38 bits per heavy atom. The summed E-state index contributed by atoms with van der Waals surface area (Å²) in [4.78, 5) is 4.57. The van der Waals surface area contributed by atoms with Crippen molar-refractivity contribution in [3.63, 3.8) is 0 Å². The first kappa shape index (κ1) is 16.4. The third kappa shape index (κ3) is 4.04. The van der Waals surface area contributed by atoms with Gasteiger partial charge in [0.15, 0.2) is 0 Å². The van der Waals surface area contributed by atoms with Crippen LogP contribution < -0.4 is 5.32 Å². The van der Waals surface area contributed by atoms with Gasteiger partial charge >= 0.3 is 0 Å². The molecule has 0 radical (unpaired) electrons. The van der Waals surface area contributed by atoms with Gasteiger partial charge in [0, 0.05) is 22.6 Å². The van der Waals surface area contributed by atoms with E-state index in [0.717, 1.165) is 22.7 Å². The van der Waals surface area contributed by atoms with Gasteiger partial charge in [-0.3, -0.25) is 0 Å². The lowest BCUT2D eigenvalue weighted by Gasteiger charge is -2.29. The van der Waals surface area contributed by atoms with E-state index in [1.54, 1.807) is 23.5 Å². The lowest BCUT2D eigenvalue weighted by molar-refractivity contribution is 0.157. The molecule has 2 aromatic rings. The van der Waals surface area contributed by atoms with Crippen LogP contribution in [0.3, 0.4) is 0 Å². The molecule has 114 valence electrons. The Morgan fingerprint density at radius 3 is 2.57 bits per heavy atom. The summed E-state index contributed by atoms with van der Waals surface area (Å²) in [5, 5.41) is 17.5. The molecule has 0 saturated carbocycles. The van der Waals surface area contributed by atoms with Crippen molar-refractivity contribution in [2.75, 3.05) is 6.54 Å². The number of aliphatic hydroxyl groups excluding tert-OH is 1. The van der Waals surface area contributed by atoms with Crippen LogP contribution in [0.2, 0.25) is 5.02 Å². The number of aromatic nitrogens is 1. The Bertz CT molecular complexity index is 584. The van der Waals surface area contributed by atoms with Gasteiger partial charge in [0.2, 0.25) is 0 Å². The van der Waals surface area contributed by atoms with E-state index >= 15 is 0 Å². The van der Waals surface area contributed by atoms with E-state index in [2.05, 4.69) is 29.5 Å². The minimum absolute atomic E-state index is 0.216. The van der Waals surface area contributed by atoms with Crippen LogP contribution >= 0.6 is 22.9 Å². The van der Waals surface area contributed by atoms with Crippen molar-refractivity contribution < 1.29 is 5.11 Å². The van der Waals surface area contributed by atoms with Crippen LogP contribution in [-0.4, -0.2) is 16.6 Å². The van der Waals surface area contributed by atoms with Crippen LogP contribution in [0.25, 0.3) is 0 Å². The third-order valence-electron chi connectivity index (χ3n) is 3.74. The number of nitrogens with one attached hydrogen (secondary N) is 1. The summed E-state index contributed by atoms with van der Waals surface area (Å²) >= 11 is 7.52. The Morgan fingerprint density at radius 2 is 2.05 bits per heavy atom. The maximum Gasteiger partial charge on any atom is 0.113 e. The quantitative estimate of drug-likeness (QED) is 0.842. The lowest BCUT2D eigenvalue weighted by atomic mass is 9.99. The van der Waals surface area contributed by atoms with Gasteiger partial charge in [0.05, 0.1) is 11.6 Å². The largest absolute Gasteiger partial charge is 0.387 e. The van der Waals surface area contributed by atoms with E-state index in [-0.39, 0.29) is 5.54 Å². The number of benzene rings is 1. The molecule has 0 bridgehead atoms. The predicted molar refractivity (Wildman–Crippen MR) is 88.9 cm³/mol. The van der Waals surface area contributed by atoms with Crippen LogP contribution in [0.15, 0.2) is 29.6 Å². The zero-order valence-electron chi connectivity index (χ0n) is 12.6. The van der Waals surface area contributed by atoms with Gasteiger partial charge in [-0.2, -0.15) is 0 Å². The number of aryl methyl sites for hydroxylation is 1. The number of hydrogen-bond acceptors (Lipinski definition) is 4. The van der Waals surface area contributed by atoms with E-state index < -0.39 is 6.10 Å². The molecular weight excluding hydrogens is 304 g/mol. The molecular formula is C16H21ClN2OS. The highest BCUT2D eigenvalue weighted by Gasteiger charge is 2.28.